The molecule has 0 amide bonds. The van der Waals surface area contributed by atoms with Crippen molar-refractivity contribution in [2.45, 2.75) is 18.4 Å². The number of nitrogens with one attached hydrogen (secondary N) is 1. The van der Waals surface area contributed by atoms with Crippen molar-refractivity contribution in [2.75, 3.05) is 14.1 Å². The molecule has 0 unspecified atom stereocenters. The molecular formula is C8H14N2O3S2. The molecule has 86 valence electrons. The molecule has 0 aliphatic carbocycles. The van der Waals surface area contributed by atoms with Crippen molar-refractivity contribution in [3.8, 4) is 0 Å². The topological polar surface area (TPSA) is 69.6 Å². The molecule has 0 saturated heterocycles. The first kappa shape index (κ1) is 12.6. The van der Waals surface area contributed by atoms with Gasteiger partial charge in [-0.25, -0.2) is 13.4 Å². The molecule has 7 heteroatoms. The highest BCUT2D eigenvalue weighted by Crippen LogP contribution is 2.26. The zero-order chi connectivity index (χ0) is 11.6. The Morgan fingerprint density at radius 1 is 1.53 bits per heavy atom. The van der Waals surface area contributed by atoms with Gasteiger partial charge in [0.2, 0.25) is 0 Å². The third kappa shape index (κ3) is 2.76. The summed E-state index contributed by atoms with van der Waals surface area (Å²) in [6.45, 7) is 1.45. The second kappa shape index (κ2) is 4.58. The normalized spacial score (nSPS) is 12.3. The molecule has 0 bridgehead atoms. The summed E-state index contributed by atoms with van der Waals surface area (Å²) in [7, 11) is -0.373. The lowest BCUT2D eigenvalue weighted by atomic mass is 10.3. The molecule has 1 aromatic rings. The van der Waals surface area contributed by atoms with Gasteiger partial charge in [0.15, 0.2) is 0 Å². The van der Waals surface area contributed by atoms with Crippen molar-refractivity contribution in [1.82, 2.24) is 9.84 Å². The number of rotatable bonds is 4. The zero-order valence-electron chi connectivity index (χ0n) is 8.81. The van der Waals surface area contributed by atoms with Gasteiger partial charge in [-0.2, -0.15) is 0 Å². The largest absolute Gasteiger partial charge is 0.391 e. The number of aliphatic hydroxyl groups is 1. The maximum Gasteiger partial charge on any atom is 0.254 e. The number of hydrogen-bond donors (Lipinski definition) is 2. The minimum absolute atomic E-state index is 0.184. The van der Waals surface area contributed by atoms with E-state index < -0.39 is 10.0 Å². The lowest BCUT2D eigenvalue weighted by molar-refractivity contribution is 0.282. The minimum Gasteiger partial charge on any atom is -0.391 e. The Balaban J connectivity index is 3.20. The summed E-state index contributed by atoms with van der Waals surface area (Å²) in [5.41, 5.74) is 0.651. The van der Waals surface area contributed by atoms with E-state index in [1.807, 2.05) is 0 Å². The summed E-state index contributed by atoms with van der Waals surface area (Å²) in [5.74, 6) is 0. The van der Waals surface area contributed by atoms with Crippen LogP contribution in [0.5, 0.6) is 0 Å². The van der Waals surface area contributed by atoms with Gasteiger partial charge in [0.1, 0.15) is 4.90 Å². The Bertz CT molecular complexity index is 437. The lowest BCUT2D eigenvalue weighted by Gasteiger charge is -2.13. The second-order valence-electron chi connectivity index (χ2n) is 3.32. The molecule has 1 aromatic heterocycles. The van der Waals surface area contributed by atoms with Crippen LogP contribution in [0.3, 0.4) is 0 Å². The van der Waals surface area contributed by atoms with E-state index in [1.165, 1.54) is 16.3 Å². The predicted molar refractivity (Wildman–Crippen MR) is 59.0 cm³/mol. The van der Waals surface area contributed by atoms with Gasteiger partial charge in [0.25, 0.3) is 10.0 Å². The molecule has 1 heterocycles. The fourth-order valence-corrected chi connectivity index (χ4v) is 3.99. The number of sulfonamides is 1. The molecule has 0 spiro atoms. The molecule has 0 radical (unpaired) electrons. The monoisotopic (exact) mass is 250 g/mol. The number of aliphatic hydroxyl groups excluding tert-OH is 1. The Labute approximate surface area is 93.4 Å². The summed E-state index contributed by atoms with van der Waals surface area (Å²) >= 11 is 1.24. The fraction of sp³-hybridized carbons (Fsp3) is 0.500. The standard InChI is InChI=1S/C8H14N2O3S2/c1-6-5-14-7(4-11)8(6)15(12,13)9-10(2)3/h5,9,11H,4H2,1-3H3. The molecule has 2 N–H and O–H groups in total. The third-order valence-electron chi connectivity index (χ3n) is 1.70. The van der Waals surface area contributed by atoms with E-state index in [4.69, 9.17) is 5.11 Å². The Morgan fingerprint density at radius 2 is 2.13 bits per heavy atom. The molecule has 15 heavy (non-hydrogen) atoms. The molecule has 0 fully saturated rings. The van der Waals surface area contributed by atoms with Gasteiger partial charge in [-0.15, -0.1) is 16.2 Å². The molecule has 0 aliphatic heterocycles. The van der Waals surface area contributed by atoms with Crippen molar-refractivity contribution in [2.24, 2.45) is 0 Å². The highest BCUT2D eigenvalue weighted by Gasteiger charge is 2.22. The van der Waals surface area contributed by atoms with E-state index in [0.717, 1.165) is 0 Å². The number of hydrazine groups is 1. The van der Waals surface area contributed by atoms with Crippen molar-refractivity contribution in [3.63, 3.8) is 0 Å². The lowest BCUT2D eigenvalue weighted by Crippen LogP contribution is -2.36. The number of thiophene rings is 1. The van der Waals surface area contributed by atoms with Gasteiger partial charge in [-0.3, -0.25) is 0 Å². The maximum absolute atomic E-state index is 11.8. The number of hydrogen-bond acceptors (Lipinski definition) is 5. The zero-order valence-corrected chi connectivity index (χ0v) is 10.4. The summed E-state index contributed by atoms with van der Waals surface area (Å²) < 4.78 is 23.7. The van der Waals surface area contributed by atoms with E-state index >= 15 is 0 Å². The van der Waals surface area contributed by atoms with Crippen LogP contribution in [-0.4, -0.2) is 32.6 Å². The average Bonchev–Trinajstić information content (AvgIpc) is 2.44. The van der Waals surface area contributed by atoms with Gasteiger partial charge in [-0.05, 0) is 17.9 Å². The van der Waals surface area contributed by atoms with Crippen LogP contribution in [0.1, 0.15) is 10.4 Å². The van der Waals surface area contributed by atoms with Crippen LogP contribution in [0, 0.1) is 6.92 Å². The van der Waals surface area contributed by atoms with Gasteiger partial charge < -0.3 is 5.11 Å². The Morgan fingerprint density at radius 3 is 2.60 bits per heavy atom. The molecule has 0 aliphatic rings. The molecule has 0 atom stereocenters. The van der Waals surface area contributed by atoms with Crippen LogP contribution in [-0.2, 0) is 16.6 Å². The first-order valence-corrected chi connectivity index (χ1v) is 6.62. The average molecular weight is 250 g/mol. The maximum atomic E-state index is 11.8. The summed E-state index contributed by atoms with van der Waals surface area (Å²) in [6.07, 6.45) is 0. The first-order valence-electron chi connectivity index (χ1n) is 4.26. The van der Waals surface area contributed by atoms with E-state index in [1.54, 1.807) is 26.4 Å². The van der Waals surface area contributed by atoms with E-state index in [2.05, 4.69) is 4.83 Å². The molecule has 0 saturated carbocycles. The van der Waals surface area contributed by atoms with Crippen LogP contribution in [0.25, 0.3) is 0 Å². The van der Waals surface area contributed by atoms with Crippen LogP contribution in [0.15, 0.2) is 10.3 Å². The van der Waals surface area contributed by atoms with Crippen LogP contribution < -0.4 is 4.83 Å². The van der Waals surface area contributed by atoms with Gasteiger partial charge >= 0.3 is 0 Å². The third-order valence-corrected chi connectivity index (χ3v) is 4.63. The molecule has 1 rings (SSSR count). The van der Waals surface area contributed by atoms with Crippen LogP contribution >= 0.6 is 11.3 Å². The highest BCUT2D eigenvalue weighted by molar-refractivity contribution is 7.89. The SMILES string of the molecule is Cc1csc(CO)c1S(=O)(=O)NN(C)C. The van der Waals surface area contributed by atoms with Crippen molar-refractivity contribution >= 4 is 21.4 Å². The smallest absolute Gasteiger partial charge is 0.254 e. The van der Waals surface area contributed by atoms with Gasteiger partial charge in [-0.1, -0.05) is 0 Å². The van der Waals surface area contributed by atoms with Crippen LogP contribution in [0.4, 0.5) is 0 Å². The molecule has 5 nitrogen and oxygen atoms in total. The van der Waals surface area contributed by atoms with E-state index in [-0.39, 0.29) is 11.5 Å². The quantitative estimate of drug-likeness (QED) is 0.754. The minimum atomic E-state index is -3.56. The Kier molecular flexibility index (Phi) is 3.85. The van der Waals surface area contributed by atoms with E-state index in [9.17, 15) is 8.42 Å². The molecular weight excluding hydrogens is 236 g/mol. The van der Waals surface area contributed by atoms with Crippen molar-refractivity contribution in [3.05, 3.63) is 15.8 Å². The summed E-state index contributed by atoms with van der Waals surface area (Å²) in [5, 5.41) is 12.1. The number of nitrogens with zero attached hydrogens (tertiary/aromatic N) is 1. The van der Waals surface area contributed by atoms with Crippen molar-refractivity contribution < 1.29 is 13.5 Å². The van der Waals surface area contributed by atoms with Gasteiger partial charge in [0, 0.05) is 14.1 Å². The predicted octanol–water partition coefficient (Wildman–Crippen LogP) is 0.304. The van der Waals surface area contributed by atoms with Crippen LogP contribution in [0.2, 0.25) is 0 Å². The summed E-state index contributed by atoms with van der Waals surface area (Å²) in [6, 6.07) is 0. The molecule has 0 aromatic carbocycles. The van der Waals surface area contributed by atoms with Crippen molar-refractivity contribution in [1.29, 1.82) is 0 Å². The first-order chi connectivity index (χ1) is 6.88. The van der Waals surface area contributed by atoms with Gasteiger partial charge in [0.05, 0.1) is 11.5 Å². The Hall–Kier alpha value is -0.470. The summed E-state index contributed by atoms with van der Waals surface area (Å²) in [4.78, 5) is 2.98. The second-order valence-corrected chi connectivity index (χ2v) is 5.88. The highest BCUT2D eigenvalue weighted by atomic mass is 32.2. The number of aryl methyl sites for hydroxylation is 1. The fourth-order valence-electron chi connectivity index (χ4n) is 1.24. The van der Waals surface area contributed by atoms with E-state index in [0.29, 0.717) is 10.4 Å².